The first-order valence-electron chi connectivity index (χ1n) is 6.31. The van der Waals surface area contributed by atoms with Crippen molar-refractivity contribution in [1.29, 1.82) is 0 Å². The predicted molar refractivity (Wildman–Crippen MR) is 82.5 cm³/mol. The zero-order valence-corrected chi connectivity index (χ0v) is 11.8. The Kier molecular flexibility index (Phi) is 5.38. The molecule has 94 valence electrons. The summed E-state index contributed by atoms with van der Waals surface area (Å²) in [5.74, 6) is 0. The van der Waals surface area contributed by atoms with E-state index in [0.29, 0.717) is 0 Å². The molecule has 0 unspecified atom stereocenters. The minimum Gasteiger partial charge on any atom is -0.0991 e. The molecule has 0 atom stereocenters. The van der Waals surface area contributed by atoms with Gasteiger partial charge in [0.15, 0.2) is 0 Å². The predicted octanol–water partition coefficient (Wildman–Crippen LogP) is 5.48. The van der Waals surface area contributed by atoms with Crippen molar-refractivity contribution in [3.05, 3.63) is 77.4 Å². The summed E-state index contributed by atoms with van der Waals surface area (Å²) in [7, 11) is 0. The van der Waals surface area contributed by atoms with E-state index in [-0.39, 0.29) is 0 Å². The van der Waals surface area contributed by atoms with Gasteiger partial charge in [-0.15, -0.1) is 0 Å². The molecule has 0 spiro atoms. The lowest BCUT2D eigenvalue weighted by Gasteiger charge is -2.12. The summed E-state index contributed by atoms with van der Waals surface area (Å²) in [6, 6.07) is 8.49. The molecule has 1 aromatic rings. The minimum absolute atomic E-state index is 1.27. The van der Waals surface area contributed by atoms with Crippen molar-refractivity contribution in [2.45, 2.75) is 27.7 Å². The molecule has 18 heavy (non-hydrogen) atoms. The van der Waals surface area contributed by atoms with Crippen molar-refractivity contribution in [2.75, 3.05) is 0 Å². The Bertz CT molecular complexity index is 511. The lowest BCUT2D eigenvalue weighted by molar-refractivity contribution is 1.35. The molecule has 0 radical (unpaired) electrons. The van der Waals surface area contributed by atoms with Gasteiger partial charge >= 0.3 is 0 Å². The molecular weight excluding hydrogens is 216 g/mol. The monoisotopic (exact) mass is 238 g/mol. The maximum absolute atomic E-state index is 3.74. The van der Waals surface area contributed by atoms with Crippen LogP contribution in [0.15, 0.2) is 66.3 Å². The van der Waals surface area contributed by atoms with Crippen LogP contribution in [0, 0.1) is 6.92 Å². The molecule has 0 fully saturated rings. The molecule has 0 aliphatic rings. The van der Waals surface area contributed by atoms with Gasteiger partial charge in [0.1, 0.15) is 0 Å². The second kappa shape index (κ2) is 6.80. The van der Waals surface area contributed by atoms with Crippen molar-refractivity contribution in [3.8, 4) is 0 Å². The maximum Gasteiger partial charge on any atom is -0.0192 e. The number of hydrogen-bond donors (Lipinski definition) is 0. The van der Waals surface area contributed by atoms with Crippen LogP contribution in [0.4, 0.5) is 0 Å². The van der Waals surface area contributed by atoms with Gasteiger partial charge in [-0.1, -0.05) is 55.1 Å². The Balaban J connectivity index is 3.40. The standard InChI is InChI=1S/C18H22/c1-6-8-12-17(14(3)7-2)16(5)18-13-10-9-11-15(18)4/h6-13H,1H2,2-5H3/b12-8-,14-7+,17-16-. The zero-order chi connectivity index (χ0) is 13.5. The van der Waals surface area contributed by atoms with E-state index in [1.807, 2.05) is 12.2 Å². The fourth-order valence-electron chi connectivity index (χ4n) is 2.01. The van der Waals surface area contributed by atoms with Gasteiger partial charge < -0.3 is 0 Å². The number of aryl methyl sites for hydroxylation is 1. The van der Waals surface area contributed by atoms with Crippen LogP contribution in [-0.2, 0) is 0 Å². The van der Waals surface area contributed by atoms with Gasteiger partial charge in [-0.25, -0.2) is 0 Å². The molecule has 0 aliphatic heterocycles. The van der Waals surface area contributed by atoms with Gasteiger partial charge in [0.25, 0.3) is 0 Å². The third-order valence-corrected chi connectivity index (χ3v) is 3.21. The van der Waals surface area contributed by atoms with Gasteiger partial charge in [-0.2, -0.15) is 0 Å². The van der Waals surface area contributed by atoms with Crippen molar-refractivity contribution >= 4 is 5.57 Å². The average Bonchev–Trinajstić information content (AvgIpc) is 2.39. The fraction of sp³-hybridized carbons (Fsp3) is 0.222. The molecule has 0 bridgehead atoms. The van der Waals surface area contributed by atoms with E-state index in [4.69, 9.17) is 0 Å². The molecular formula is C18H22. The van der Waals surface area contributed by atoms with Crippen molar-refractivity contribution in [3.63, 3.8) is 0 Å². The van der Waals surface area contributed by atoms with Crippen LogP contribution >= 0.6 is 0 Å². The summed E-state index contributed by atoms with van der Waals surface area (Å²) in [6.07, 6.45) is 8.08. The van der Waals surface area contributed by atoms with Crippen molar-refractivity contribution in [1.82, 2.24) is 0 Å². The Morgan fingerprint density at radius 3 is 2.39 bits per heavy atom. The van der Waals surface area contributed by atoms with Crippen molar-refractivity contribution in [2.24, 2.45) is 0 Å². The van der Waals surface area contributed by atoms with Crippen molar-refractivity contribution < 1.29 is 0 Å². The van der Waals surface area contributed by atoms with E-state index >= 15 is 0 Å². The van der Waals surface area contributed by atoms with Gasteiger partial charge in [-0.3, -0.25) is 0 Å². The van der Waals surface area contributed by atoms with Crippen LogP contribution in [0.3, 0.4) is 0 Å². The Labute approximate surface area is 111 Å². The Morgan fingerprint density at radius 2 is 1.83 bits per heavy atom. The maximum atomic E-state index is 3.74. The van der Waals surface area contributed by atoms with Crippen LogP contribution in [-0.4, -0.2) is 0 Å². The van der Waals surface area contributed by atoms with Crippen LogP contribution in [0.2, 0.25) is 0 Å². The van der Waals surface area contributed by atoms with Crippen LogP contribution in [0.25, 0.3) is 5.57 Å². The molecule has 1 aromatic carbocycles. The summed E-state index contributed by atoms with van der Waals surface area (Å²) in [4.78, 5) is 0. The molecule has 0 N–H and O–H groups in total. The number of benzene rings is 1. The quantitative estimate of drug-likeness (QED) is 0.609. The normalized spacial score (nSPS) is 13.7. The smallest absolute Gasteiger partial charge is 0.0192 e. The third-order valence-electron chi connectivity index (χ3n) is 3.21. The molecule has 0 amide bonds. The molecule has 0 heteroatoms. The molecule has 0 saturated heterocycles. The topological polar surface area (TPSA) is 0 Å². The van der Waals surface area contributed by atoms with E-state index in [2.05, 4.69) is 70.7 Å². The largest absolute Gasteiger partial charge is 0.0991 e. The van der Waals surface area contributed by atoms with Crippen LogP contribution in [0.5, 0.6) is 0 Å². The highest BCUT2D eigenvalue weighted by atomic mass is 14.1. The summed E-state index contributed by atoms with van der Waals surface area (Å²) >= 11 is 0. The minimum atomic E-state index is 1.27. The number of hydrogen-bond acceptors (Lipinski definition) is 0. The first-order valence-corrected chi connectivity index (χ1v) is 6.31. The average molecular weight is 238 g/mol. The highest BCUT2D eigenvalue weighted by molar-refractivity contribution is 5.75. The molecule has 0 saturated carbocycles. The number of rotatable bonds is 4. The van der Waals surface area contributed by atoms with Crippen LogP contribution < -0.4 is 0 Å². The highest BCUT2D eigenvalue weighted by Crippen LogP contribution is 2.26. The Hall–Kier alpha value is -1.82. The zero-order valence-electron chi connectivity index (χ0n) is 11.8. The summed E-state index contributed by atoms with van der Waals surface area (Å²) < 4.78 is 0. The highest BCUT2D eigenvalue weighted by Gasteiger charge is 2.05. The van der Waals surface area contributed by atoms with Gasteiger partial charge in [0.05, 0.1) is 0 Å². The summed E-state index contributed by atoms with van der Waals surface area (Å²) in [5.41, 5.74) is 6.48. The molecule has 0 aromatic heterocycles. The lowest BCUT2D eigenvalue weighted by atomic mass is 9.93. The SMILES string of the molecule is C=C\C=C/C(=C(\C)c1ccccc1C)C(/C)=C/C. The van der Waals surface area contributed by atoms with Gasteiger partial charge in [-0.05, 0) is 55.5 Å². The van der Waals surface area contributed by atoms with Crippen LogP contribution in [0.1, 0.15) is 31.9 Å². The van der Waals surface area contributed by atoms with E-state index in [9.17, 15) is 0 Å². The third kappa shape index (κ3) is 3.33. The van der Waals surface area contributed by atoms with E-state index < -0.39 is 0 Å². The van der Waals surface area contributed by atoms with Gasteiger partial charge in [0.2, 0.25) is 0 Å². The van der Waals surface area contributed by atoms with E-state index in [1.165, 1.54) is 27.8 Å². The van der Waals surface area contributed by atoms with E-state index in [1.54, 1.807) is 0 Å². The fourth-order valence-corrected chi connectivity index (χ4v) is 2.01. The van der Waals surface area contributed by atoms with Gasteiger partial charge in [0, 0.05) is 0 Å². The second-order valence-electron chi connectivity index (χ2n) is 4.42. The Morgan fingerprint density at radius 1 is 1.17 bits per heavy atom. The molecule has 0 aliphatic carbocycles. The first-order chi connectivity index (χ1) is 8.61. The first kappa shape index (κ1) is 14.2. The summed E-state index contributed by atoms with van der Waals surface area (Å²) in [5, 5.41) is 0. The molecule has 0 nitrogen and oxygen atoms in total. The lowest BCUT2D eigenvalue weighted by Crippen LogP contribution is -1.91. The van der Waals surface area contributed by atoms with E-state index in [0.717, 1.165) is 0 Å². The second-order valence-corrected chi connectivity index (χ2v) is 4.42. The molecule has 1 rings (SSSR count). The summed E-state index contributed by atoms with van der Waals surface area (Å²) in [6.45, 7) is 12.3. The molecule has 0 heterocycles. The number of allylic oxidation sites excluding steroid dienone is 7.